The second-order valence-electron chi connectivity index (χ2n) is 4.41. The van der Waals surface area contributed by atoms with Gasteiger partial charge in [-0.2, -0.15) is 0 Å². The van der Waals surface area contributed by atoms with E-state index in [9.17, 15) is 4.39 Å². The zero-order valence-electron chi connectivity index (χ0n) is 8.09. The molecule has 0 bridgehead atoms. The van der Waals surface area contributed by atoms with E-state index in [2.05, 4.69) is 5.32 Å². The maximum atomic E-state index is 13.4. The quantitative estimate of drug-likeness (QED) is 0.719. The molecule has 1 aliphatic heterocycles. The van der Waals surface area contributed by atoms with Crippen molar-refractivity contribution in [2.24, 2.45) is 5.92 Å². The van der Waals surface area contributed by atoms with E-state index in [1.54, 1.807) is 12.1 Å². The highest BCUT2D eigenvalue weighted by Crippen LogP contribution is 2.38. The molecule has 3 rings (SSSR count). The molecule has 0 saturated heterocycles. The predicted molar refractivity (Wildman–Crippen MR) is 54.9 cm³/mol. The van der Waals surface area contributed by atoms with Gasteiger partial charge in [0, 0.05) is 17.3 Å². The number of anilines is 1. The summed E-state index contributed by atoms with van der Waals surface area (Å²) in [5.74, 6) is 0.735. The third-order valence-electron chi connectivity index (χ3n) is 3.60. The Labute approximate surface area is 83.3 Å². The summed E-state index contributed by atoms with van der Waals surface area (Å²) in [6.45, 7) is 0. The van der Waals surface area contributed by atoms with E-state index in [0.717, 1.165) is 23.6 Å². The number of hydrogen-bond donors (Lipinski definition) is 1. The minimum Gasteiger partial charge on any atom is -0.381 e. The fourth-order valence-corrected chi connectivity index (χ4v) is 2.50. The molecule has 2 heteroatoms. The van der Waals surface area contributed by atoms with Crippen molar-refractivity contribution in [2.45, 2.75) is 31.7 Å². The minimum absolute atomic E-state index is 0.0446. The number of fused-ring (bicyclic) bond motifs is 1. The van der Waals surface area contributed by atoms with Crippen LogP contribution in [0.1, 0.15) is 24.8 Å². The normalized spacial score (nSPS) is 25.4. The average Bonchev–Trinajstić information content (AvgIpc) is 2.46. The highest BCUT2D eigenvalue weighted by molar-refractivity contribution is 5.57. The average molecular weight is 191 g/mol. The molecule has 0 spiro atoms. The van der Waals surface area contributed by atoms with Crippen LogP contribution in [-0.4, -0.2) is 6.04 Å². The first-order valence-corrected chi connectivity index (χ1v) is 5.38. The molecule has 0 amide bonds. The van der Waals surface area contributed by atoms with Crippen LogP contribution in [0.15, 0.2) is 18.2 Å². The molecule has 1 fully saturated rings. The molecule has 1 atom stereocenters. The molecule has 14 heavy (non-hydrogen) atoms. The van der Waals surface area contributed by atoms with Crippen LogP contribution in [0.25, 0.3) is 0 Å². The fourth-order valence-electron chi connectivity index (χ4n) is 2.50. The molecule has 1 aliphatic carbocycles. The van der Waals surface area contributed by atoms with Crippen LogP contribution < -0.4 is 5.32 Å². The van der Waals surface area contributed by atoms with Gasteiger partial charge in [-0.25, -0.2) is 4.39 Å². The Morgan fingerprint density at radius 3 is 2.79 bits per heavy atom. The van der Waals surface area contributed by atoms with E-state index in [0.29, 0.717) is 6.04 Å². The SMILES string of the molecule is Fc1cccc2c1CC(C1CCC1)N2. The molecule has 0 aromatic heterocycles. The summed E-state index contributed by atoms with van der Waals surface area (Å²) < 4.78 is 13.4. The van der Waals surface area contributed by atoms with Crippen molar-refractivity contribution in [1.82, 2.24) is 0 Å². The van der Waals surface area contributed by atoms with Gasteiger partial charge < -0.3 is 5.32 Å². The standard InChI is InChI=1S/C12H14FN/c13-10-5-2-6-11-9(10)7-12(14-11)8-3-1-4-8/h2,5-6,8,12,14H,1,3-4,7H2. The maximum absolute atomic E-state index is 13.4. The fraction of sp³-hybridized carbons (Fsp3) is 0.500. The lowest BCUT2D eigenvalue weighted by Gasteiger charge is -2.31. The van der Waals surface area contributed by atoms with Gasteiger partial charge >= 0.3 is 0 Å². The first-order chi connectivity index (χ1) is 6.84. The Kier molecular flexibility index (Phi) is 1.76. The molecule has 1 unspecified atom stereocenters. The van der Waals surface area contributed by atoms with Crippen LogP contribution in [-0.2, 0) is 6.42 Å². The zero-order valence-corrected chi connectivity index (χ0v) is 8.09. The number of halogens is 1. The highest BCUT2D eigenvalue weighted by Gasteiger charge is 2.32. The van der Waals surface area contributed by atoms with Crippen molar-refractivity contribution in [3.05, 3.63) is 29.6 Å². The first-order valence-electron chi connectivity index (χ1n) is 5.38. The van der Waals surface area contributed by atoms with Crippen LogP contribution in [0.5, 0.6) is 0 Å². The third-order valence-corrected chi connectivity index (χ3v) is 3.60. The van der Waals surface area contributed by atoms with E-state index >= 15 is 0 Å². The molecule has 74 valence electrons. The summed E-state index contributed by atoms with van der Waals surface area (Å²) in [4.78, 5) is 0. The lowest BCUT2D eigenvalue weighted by molar-refractivity contribution is 0.277. The molecular weight excluding hydrogens is 177 g/mol. The maximum Gasteiger partial charge on any atom is 0.128 e. The summed E-state index contributed by atoms with van der Waals surface area (Å²) in [6, 6.07) is 5.82. The van der Waals surface area contributed by atoms with Crippen LogP contribution in [0.3, 0.4) is 0 Å². The lowest BCUT2D eigenvalue weighted by Crippen LogP contribution is -2.31. The van der Waals surface area contributed by atoms with Crippen molar-refractivity contribution in [2.75, 3.05) is 5.32 Å². The minimum atomic E-state index is -0.0446. The van der Waals surface area contributed by atoms with Gasteiger partial charge in [-0.1, -0.05) is 12.5 Å². The van der Waals surface area contributed by atoms with E-state index in [1.807, 2.05) is 6.07 Å². The van der Waals surface area contributed by atoms with Gasteiger partial charge in [0.2, 0.25) is 0 Å². The van der Waals surface area contributed by atoms with E-state index < -0.39 is 0 Å². The van der Waals surface area contributed by atoms with Crippen LogP contribution in [0, 0.1) is 11.7 Å². The summed E-state index contributed by atoms with van der Waals surface area (Å²) in [6.07, 6.45) is 4.86. The molecule has 1 aromatic carbocycles. The monoisotopic (exact) mass is 191 g/mol. The predicted octanol–water partition coefficient (Wildman–Crippen LogP) is 2.96. The summed E-state index contributed by atoms with van der Waals surface area (Å²) in [5, 5.41) is 3.44. The summed E-state index contributed by atoms with van der Waals surface area (Å²) >= 11 is 0. The van der Waals surface area contributed by atoms with E-state index in [4.69, 9.17) is 0 Å². The zero-order chi connectivity index (χ0) is 9.54. The molecule has 1 aromatic rings. The molecule has 2 aliphatic rings. The summed E-state index contributed by atoms with van der Waals surface area (Å²) in [5.41, 5.74) is 1.91. The first kappa shape index (κ1) is 8.27. The van der Waals surface area contributed by atoms with Gasteiger partial charge in [-0.05, 0) is 37.3 Å². The van der Waals surface area contributed by atoms with Crippen molar-refractivity contribution < 1.29 is 4.39 Å². The topological polar surface area (TPSA) is 12.0 Å². The van der Waals surface area contributed by atoms with Crippen LogP contribution in [0.4, 0.5) is 10.1 Å². The van der Waals surface area contributed by atoms with Gasteiger partial charge in [0.05, 0.1) is 0 Å². The summed E-state index contributed by atoms with van der Waals surface area (Å²) in [7, 11) is 0. The smallest absolute Gasteiger partial charge is 0.128 e. The highest BCUT2D eigenvalue weighted by atomic mass is 19.1. The Balaban J connectivity index is 1.86. The van der Waals surface area contributed by atoms with Crippen molar-refractivity contribution in [3.63, 3.8) is 0 Å². The van der Waals surface area contributed by atoms with Gasteiger partial charge in [-0.3, -0.25) is 0 Å². The number of rotatable bonds is 1. The largest absolute Gasteiger partial charge is 0.381 e. The second kappa shape index (κ2) is 2.97. The molecule has 1 saturated carbocycles. The second-order valence-corrected chi connectivity index (χ2v) is 4.41. The van der Waals surface area contributed by atoms with Crippen LogP contribution >= 0.6 is 0 Å². The number of benzene rings is 1. The Morgan fingerprint density at radius 2 is 2.14 bits per heavy atom. The van der Waals surface area contributed by atoms with Crippen molar-refractivity contribution in [3.8, 4) is 0 Å². The van der Waals surface area contributed by atoms with Gasteiger partial charge in [-0.15, -0.1) is 0 Å². The molecule has 1 N–H and O–H groups in total. The molecular formula is C12H14FN. The number of hydrogen-bond acceptors (Lipinski definition) is 1. The third kappa shape index (κ3) is 1.13. The number of nitrogens with one attached hydrogen (secondary N) is 1. The molecule has 1 heterocycles. The van der Waals surface area contributed by atoms with E-state index in [1.165, 1.54) is 19.3 Å². The lowest BCUT2D eigenvalue weighted by atomic mass is 9.79. The van der Waals surface area contributed by atoms with Gasteiger partial charge in [0.1, 0.15) is 5.82 Å². The van der Waals surface area contributed by atoms with Gasteiger partial charge in [0.15, 0.2) is 0 Å². The molecule has 1 nitrogen and oxygen atoms in total. The Morgan fingerprint density at radius 1 is 1.29 bits per heavy atom. The van der Waals surface area contributed by atoms with Gasteiger partial charge in [0.25, 0.3) is 0 Å². The van der Waals surface area contributed by atoms with Crippen molar-refractivity contribution >= 4 is 5.69 Å². The Hall–Kier alpha value is -1.05. The Bertz CT molecular complexity index is 357. The van der Waals surface area contributed by atoms with Crippen molar-refractivity contribution in [1.29, 1.82) is 0 Å². The van der Waals surface area contributed by atoms with E-state index in [-0.39, 0.29) is 5.82 Å². The van der Waals surface area contributed by atoms with Crippen LogP contribution in [0.2, 0.25) is 0 Å². The molecule has 0 radical (unpaired) electrons.